The van der Waals surface area contributed by atoms with Crippen LogP contribution in [0.5, 0.6) is 0 Å². The van der Waals surface area contributed by atoms with Gasteiger partial charge in [0.05, 0.1) is 18.7 Å². The Morgan fingerprint density at radius 3 is 2.04 bits per heavy atom. The Morgan fingerprint density at radius 2 is 1.42 bits per heavy atom. The highest BCUT2D eigenvalue weighted by Gasteiger charge is 2.39. The third kappa shape index (κ3) is 24.2. The maximum absolute atomic E-state index is 14.4. The lowest BCUT2D eigenvalue weighted by Crippen LogP contribution is -2.60. The molecule has 2 rings (SSSR count). The average Bonchev–Trinajstić information content (AvgIpc) is 3.90. The fourth-order valence-corrected chi connectivity index (χ4v) is 7.87. The van der Waals surface area contributed by atoms with E-state index in [9.17, 15) is 57.8 Å². The molecule has 0 spiro atoms. The van der Waals surface area contributed by atoms with Crippen LogP contribution in [0.2, 0.25) is 0 Å². The molecule has 8 amide bonds. The number of aliphatic carboxylic acids is 1. The van der Waals surface area contributed by atoms with Crippen molar-refractivity contribution in [1.29, 1.82) is 5.41 Å². The quantitative estimate of drug-likeness (QED) is 0.0129. The maximum atomic E-state index is 14.4. The summed E-state index contributed by atoms with van der Waals surface area (Å²) >= 11 is 0. The van der Waals surface area contributed by atoms with E-state index in [1.165, 1.54) is 29.2 Å². The van der Waals surface area contributed by atoms with Crippen molar-refractivity contribution in [2.45, 2.75) is 132 Å². The van der Waals surface area contributed by atoms with Crippen molar-refractivity contribution in [3.05, 3.63) is 47.4 Å². The number of carbonyl (C=O) groups is 9. The van der Waals surface area contributed by atoms with Crippen LogP contribution in [0.15, 0.2) is 41.0 Å². The number of carboxylic acid groups (broad SMARTS) is 1. The first kappa shape index (κ1) is 66.1. The molecule has 29 heteroatoms. The summed E-state index contributed by atoms with van der Waals surface area (Å²) in [6.45, 7) is -0.334. The van der Waals surface area contributed by atoms with Gasteiger partial charge in [0.15, 0.2) is 5.96 Å². The molecule has 1 aliphatic heterocycles. The van der Waals surface area contributed by atoms with E-state index in [1.54, 1.807) is 0 Å². The molecule has 0 bridgehead atoms. The molecule has 1 fully saturated rings. The number of nitrogens with zero attached hydrogens (tertiary/aromatic N) is 2. The first-order valence-corrected chi connectivity index (χ1v) is 25.6. The van der Waals surface area contributed by atoms with Crippen molar-refractivity contribution >= 4 is 64.9 Å². The Bertz CT molecular complexity index is 2220. The standard InChI is InChI=1S/C48H80FN17O11/c49-29-11-5-10-28(24-29)25-35(43(72)61-32(13-2-4-19-51)42(71)63-34(47(76)77)16-8-22-58-48(56)57)64-44(73)36-17-9-23-66(36)46(75)33(15-7-21-53)60-38(68)27-59-41(70)31(14-6-20-52)62-45(74)39(37(67)26-54)65-40(69)30(55)12-1-3-18-50/h5,10-11,16,24,30-32,35-37,39,67H,1-4,6-9,12-15,17-23,25-27,50-55H2,(H,59,70)(H,61,72)(H,62,74)(H,63,71)(H,64,73)(H,65,69)(H,76,77)(H4,56,57,58)/b34-16-,60-33+/t30-,31-,32-,35-,36-,37-,39-/m0/s1. The van der Waals surface area contributed by atoms with E-state index in [4.69, 9.17) is 45.5 Å². The molecular weight excluding hydrogens is 1010 g/mol. The van der Waals surface area contributed by atoms with Crippen LogP contribution in [-0.2, 0) is 49.6 Å². The number of nitrogens with two attached hydrogens (primary N) is 7. The molecule has 0 aliphatic carbocycles. The maximum Gasteiger partial charge on any atom is 0.352 e. The summed E-state index contributed by atoms with van der Waals surface area (Å²) in [5, 5.41) is 44.9. The SMILES string of the molecule is N=C(N)NCC/C=C(\NC(=O)[C@H](CCCCN)NC(=O)[C@H](Cc1cccc(F)c1)NC(=O)[C@@H]1CCCN1C(=O)/C(CCCN)=N/C(=O)CNC(=O)[C@H](CCCN)NC(=O)[C@@H](NC(=O)[C@@H](N)CCCCN)[C@@H](O)CN)C(=O)O. The number of amides is 8. The van der Waals surface area contributed by atoms with Gasteiger partial charge in [0.1, 0.15) is 47.4 Å². The molecule has 77 heavy (non-hydrogen) atoms. The van der Waals surface area contributed by atoms with E-state index in [0.29, 0.717) is 38.6 Å². The lowest BCUT2D eigenvalue weighted by molar-refractivity contribution is -0.137. The third-order valence-electron chi connectivity index (χ3n) is 12.0. The largest absolute Gasteiger partial charge is 0.477 e. The fraction of sp³-hybridized carbons (Fsp3) is 0.604. The van der Waals surface area contributed by atoms with Gasteiger partial charge < -0.3 is 92.5 Å². The van der Waals surface area contributed by atoms with Crippen molar-refractivity contribution in [1.82, 2.24) is 42.1 Å². The lowest BCUT2D eigenvalue weighted by atomic mass is 10.0. The summed E-state index contributed by atoms with van der Waals surface area (Å²) in [6, 6.07) is -2.85. The summed E-state index contributed by atoms with van der Waals surface area (Å²) in [4.78, 5) is 127. The Balaban J connectivity index is 2.36. The molecule has 0 unspecified atom stereocenters. The van der Waals surface area contributed by atoms with Gasteiger partial charge in [-0.1, -0.05) is 24.6 Å². The van der Waals surface area contributed by atoms with Gasteiger partial charge >= 0.3 is 5.97 Å². The molecule has 28 nitrogen and oxygen atoms in total. The highest BCUT2D eigenvalue weighted by Crippen LogP contribution is 2.20. The predicted octanol–water partition coefficient (Wildman–Crippen LogP) is -5.28. The topological polar surface area (TPSA) is 500 Å². The molecule has 1 aromatic rings. The van der Waals surface area contributed by atoms with E-state index in [2.05, 4.69) is 42.2 Å². The van der Waals surface area contributed by atoms with E-state index in [-0.39, 0.29) is 108 Å². The number of carboxylic acids is 1. The number of carbonyl (C=O) groups excluding carboxylic acids is 8. The van der Waals surface area contributed by atoms with E-state index < -0.39 is 120 Å². The van der Waals surface area contributed by atoms with Crippen LogP contribution >= 0.6 is 0 Å². The van der Waals surface area contributed by atoms with E-state index in [0.717, 1.165) is 6.07 Å². The number of benzene rings is 1. The zero-order valence-corrected chi connectivity index (χ0v) is 43.4. The third-order valence-corrected chi connectivity index (χ3v) is 12.0. The van der Waals surface area contributed by atoms with Crippen molar-refractivity contribution < 1.29 is 57.8 Å². The fourth-order valence-electron chi connectivity index (χ4n) is 7.87. The number of halogens is 1. The number of nitrogens with one attached hydrogen (secondary N) is 8. The number of guanidine groups is 1. The predicted molar refractivity (Wildman–Crippen MR) is 282 cm³/mol. The minimum atomic E-state index is -1.61. The number of rotatable bonds is 36. The summed E-state index contributed by atoms with van der Waals surface area (Å²) in [5.41, 5.74) is 38.9. The van der Waals surface area contributed by atoms with Gasteiger partial charge in [0.25, 0.3) is 11.8 Å². The summed E-state index contributed by atoms with van der Waals surface area (Å²) in [6.07, 6.45) is 2.10. The van der Waals surface area contributed by atoms with Gasteiger partial charge in [0, 0.05) is 26.1 Å². The molecule has 0 saturated carbocycles. The Hall–Kier alpha value is -7.02. The second-order valence-electron chi connectivity index (χ2n) is 18.2. The van der Waals surface area contributed by atoms with Crippen LogP contribution in [0.1, 0.15) is 89.0 Å². The number of likely N-dealkylation sites (tertiary alicyclic amines) is 1. The van der Waals surface area contributed by atoms with Gasteiger partial charge in [-0.2, -0.15) is 0 Å². The van der Waals surface area contributed by atoms with Crippen molar-refractivity contribution in [3.63, 3.8) is 0 Å². The Morgan fingerprint density at radius 1 is 0.779 bits per heavy atom. The van der Waals surface area contributed by atoms with Gasteiger partial charge in [0.2, 0.25) is 35.4 Å². The summed E-state index contributed by atoms with van der Waals surface area (Å²) in [5.74, 6) is -9.54. The first-order valence-electron chi connectivity index (χ1n) is 25.6. The highest BCUT2D eigenvalue weighted by molar-refractivity contribution is 6.40. The van der Waals surface area contributed by atoms with Crippen molar-refractivity contribution in [2.75, 3.05) is 52.4 Å². The van der Waals surface area contributed by atoms with Gasteiger partial charge in [-0.25, -0.2) is 14.2 Å². The van der Waals surface area contributed by atoms with E-state index in [1.807, 2.05) is 0 Å². The monoisotopic (exact) mass is 1090 g/mol. The van der Waals surface area contributed by atoms with Crippen LogP contribution in [0, 0.1) is 11.2 Å². The number of hydrogen-bond acceptors (Lipinski definition) is 17. The number of hydrogen-bond donors (Lipinski definition) is 17. The first-order chi connectivity index (χ1) is 36.7. The molecule has 0 aromatic heterocycles. The minimum absolute atomic E-state index is 0.00781. The smallest absolute Gasteiger partial charge is 0.352 e. The minimum Gasteiger partial charge on any atom is -0.477 e. The molecule has 1 aromatic carbocycles. The molecule has 430 valence electrons. The molecule has 7 atom stereocenters. The van der Waals surface area contributed by atoms with Crippen LogP contribution < -0.4 is 77.4 Å². The van der Waals surface area contributed by atoms with Gasteiger partial charge in [-0.05, 0) is 121 Å². The number of aliphatic imine (C=N–C) groups is 1. The second kappa shape index (κ2) is 36.1. The van der Waals surface area contributed by atoms with E-state index >= 15 is 0 Å². The Kier molecular flexibility index (Phi) is 31.0. The highest BCUT2D eigenvalue weighted by atomic mass is 19.1. The molecule has 1 saturated heterocycles. The molecule has 1 aliphatic rings. The molecule has 24 N–H and O–H groups in total. The summed E-state index contributed by atoms with van der Waals surface area (Å²) < 4.78 is 14.4. The molecular formula is C48H80FN17O11. The van der Waals surface area contributed by atoms with Crippen molar-refractivity contribution in [2.24, 2.45) is 45.1 Å². The normalized spacial score (nSPS) is 15.9. The van der Waals surface area contributed by atoms with Crippen LogP contribution in [0.25, 0.3) is 0 Å². The zero-order valence-electron chi connectivity index (χ0n) is 43.4. The number of unbranched alkanes of at least 4 members (excludes halogenated alkanes) is 2. The number of aliphatic hydroxyl groups is 1. The Labute approximate surface area is 446 Å². The average molecular weight is 1090 g/mol. The molecule has 1 heterocycles. The summed E-state index contributed by atoms with van der Waals surface area (Å²) in [7, 11) is 0. The second-order valence-corrected chi connectivity index (χ2v) is 18.2. The van der Waals surface area contributed by atoms with Crippen LogP contribution in [-0.4, -0.2) is 175 Å². The zero-order chi connectivity index (χ0) is 57.5. The van der Waals surface area contributed by atoms with Crippen LogP contribution in [0.3, 0.4) is 0 Å². The molecule has 0 radical (unpaired) electrons. The number of aliphatic hydroxyl groups excluding tert-OH is 1. The lowest BCUT2D eigenvalue weighted by Gasteiger charge is -2.28. The van der Waals surface area contributed by atoms with Crippen molar-refractivity contribution in [3.8, 4) is 0 Å². The van der Waals surface area contributed by atoms with Gasteiger partial charge in [-0.3, -0.25) is 43.8 Å². The van der Waals surface area contributed by atoms with Crippen LogP contribution in [0.4, 0.5) is 4.39 Å². The van der Waals surface area contributed by atoms with Gasteiger partial charge in [-0.15, -0.1) is 0 Å².